The predicted molar refractivity (Wildman–Crippen MR) is 78.6 cm³/mol. The Morgan fingerprint density at radius 2 is 1.90 bits per heavy atom. The van der Waals surface area contributed by atoms with Gasteiger partial charge in [0, 0.05) is 13.2 Å². The van der Waals surface area contributed by atoms with Gasteiger partial charge >= 0.3 is 5.97 Å². The second kappa shape index (κ2) is 6.44. The first-order valence-electron chi connectivity index (χ1n) is 7.92. The maximum absolute atomic E-state index is 12.4. The van der Waals surface area contributed by atoms with E-state index < -0.39 is 5.60 Å². The third kappa shape index (κ3) is 3.95. The molecule has 0 spiro atoms. The number of likely N-dealkylation sites (tertiary alicyclic amines) is 1. The first-order valence-corrected chi connectivity index (χ1v) is 7.92. The summed E-state index contributed by atoms with van der Waals surface area (Å²) in [5.41, 5.74) is -0.396. The Kier molecular flexibility index (Phi) is 5.08. The summed E-state index contributed by atoms with van der Waals surface area (Å²) in [5, 5.41) is 0. The zero-order valence-electron chi connectivity index (χ0n) is 13.4. The molecule has 0 N–H and O–H groups in total. The summed E-state index contributed by atoms with van der Waals surface area (Å²) in [6.45, 7) is 6.83. The lowest BCUT2D eigenvalue weighted by Crippen LogP contribution is -2.48. The van der Waals surface area contributed by atoms with Crippen LogP contribution >= 0.6 is 0 Å². The normalized spacial score (nSPS) is 32.3. The lowest BCUT2D eigenvalue weighted by molar-refractivity contribution is -0.161. The number of ether oxygens (including phenoxy) is 2. The molecular formula is C16H29NO3. The van der Waals surface area contributed by atoms with Gasteiger partial charge in [0.05, 0.1) is 6.10 Å². The van der Waals surface area contributed by atoms with E-state index in [1.54, 1.807) is 7.11 Å². The SMILES string of the molecule is COC1CCCC(N2CCC[C@H]2C(=O)OC(C)(C)C)C1. The summed E-state index contributed by atoms with van der Waals surface area (Å²) in [5.74, 6) is -0.0467. The largest absolute Gasteiger partial charge is 0.459 e. The van der Waals surface area contributed by atoms with E-state index in [0.29, 0.717) is 12.1 Å². The molecule has 3 atom stereocenters. The van der Waals surface area contributed by atoms with Crippen LogP contribution in [-0.2, 0) is 14.3 Å². The lowest BCUT2D eigenvalue weighted by atomic mass is 9.91. The minimum Gasteiger partial charge on any atom is -0.459 e. The van der Waals surface area contributed by atoms with Crippen LogP contribution in [0.1, 0.15) is 59.3 Å². The fourth-order valence-electron chi connectivity index (χ4n) is 3.48. The Bertz CT molecular complexity index is 337. The molecule has 2 rings (SSSR count). The number of esters is 1. The van der Waals surface area contributed by atoms with E-state index in [-0.39, 0.29) is 12.0 Å². The Hall–Kier alpha value is -0.610. The van der Waals surface area contributed by atoms with Crippen molar-refractivity contribution in [3.05, 3.63) is 0 Å². The smallest absolute Gasteiger partial charge is 0.323 e. The van der Waals surface area contributed by atoms with Gasteiger partial charge in [-0.1, -0.05) is 0 Å². The van der Waals surface area contributed by atoms with Crippen molar-refractivity contribution in [1.29, 1.82) is 0 Å². The zero-order valence-corrected chi connectivity index (χ0v) is 13.4. The minimum atomic E-state index is -0.396. The van der Waals surface area contributed by atoms with E-state index in [0.717, 1.165) is 32.2 Å². The fourth-order valence-corrected chi connectivity index (χ4v) is 3.48. The summed E-state index contributed by atoms with van der Waals surface area (Å²) in [4.78, 5) is 14.7. The van der Waals surface area contributed by atoms with Gasteiger partial charge in [-0.3, -0.25) is 9.69 Å². The summed E-state index contributed by atoms with van der Waals surface area (Å²) >= 11 is 0. The average Bonchev–Trinajstić information content (AvgIpc) is 2.86. The van der Waals surface area contributed by atoms with Crippen LogP contribution in [0, 0.1) is 0 Å². The molecule has 0 aromatic rings. The first kappa shape index (κ1) is 15.8. The number of carbonyl (C=O) groups excluding carboxylic acids is 1. The molecule has 1 heterocycles. The molecule has 2 aliphatic rings. The summed E-state index contributed by atoms with van der Waals surface area (Å²) < 4.78 is 11.1. The molecule has 1 saturated carbocycles. The van der Waals surface area contributed by atoms with Crippen LogP contribution in [-0.4, -0.2) is 48.3 Å². The van der Waals surface area contributed by atoms with E-state index in [1.807, 2.05) is 20.8 Å². The van der Waals surface area contributed by atoms with Gasteiger partial charge < -0.3 is 9.47 Å². The zero-order chi connectivity index (χ0) is 14.8. The highest BCUT2D eigenvalue weighted by Gasteiger charge is 2.39. The number of carbonyl (C=O) groups is 1. The molecule has 0 amide bonds. The summed E-state index contributed by atoms with van der Waals surface area (Å²) in [6, 6.07) is 0.434. The van der Waals surface area contributed by atoms with Crippen molar-refractivity contribution in [2.75, 3.05) is 13.7 Å². The highest BCUT2D eigenvalue weighted by Crippen LogP contribution is 2.31. The van der Waals surface area contributed by atoms with Crippen molar-refractivity contribution < 1.29 is 14.3 Å². The van der Waals surface area contributed by atoms with E-state index in [4.69, 9.17) is 9.47 Å². The molecule has 0 bridgehead atoms. The fraction of sp³-hybridized carbons (Fsp3) is 0.938. The van der Waals surface area contributed by atoms with Crippen LogP contribution in [0.2, 0.25) is 0 Å². The molecule has 1 aliphatic carbocycles. The third-order valence-corrected chi connectivity index (χ3v) is 4.37. The van der Waals surface area contributed by atoms with Gasteiger partial charge in [-0.2, -0.15) is 0 Å². The standard InChI is InChI=1S/C16H29NO3/c1-16(2,3)20-15(18)14-9-6-10-17(14)12-7-5-8-13(11-12)19-4/h12-14H,5-11H2,1-4H3/t12?,13?,14-/m0/s1. The van der Waals surface area contributed by atoms with Crippen LogP contribution in [0.3, 0.4) is 0 Å². The molecule has 116 valence electrons. The Morgan fingerprint density at radius 1 is 1.15 bits per heavy atom. The number of hydrogen-bond donors (Lipinski definition) is 0. The maximum atomic E-state index is 12.4. The number of rotatable bonds is 3. The van der Waals surface area contributed by atoms with Gasteiger partial charge in [0.15, 0.2) is 0 Å². The molecule has 1 saturated heterocycles. The van der Waals surface area contributed by atoms with Crippen molar-refractivity contribution in [3.8, 4) is 0 Å². The molecule has 1 aliphatic heterocycles. The Balaban J connectivity index is 1.98. The van der Waals surface area contributed by atoms with Crippen molar-refractivity contribution in [3.63, 3.8) is 0 Å². The Labute approximate surface area is 122 Å². The molecule has 2 fully saturated rings. The number of hydrogen-bond acceptors (Lipinski definition) is 4. The molecule has 4 nitrogen and oxygen atoms in total. The quantitative estimate of drug-likeness (QED) is 0.747. The Morgan fingerprint density at radius 3 is 2.55 bits per heavy atom. The van der Waals surface area contributed by atoms with Crippen molar-refractivity contribution in [1.82, 2.24) is 4.90 Å². The van der Waals surface area contributed by atoms with Crippen molar-refractivity contribution in [2.24, 2.45) is 0 Å². The highest BCUT2D eigenvalue weighted by atomic mass is 16.6. The highest BCUT2D eigenvalue weighted by molar-refractivity contribution is 5.76. The van der Waals surface area contributed by atoms with Gasteiger partial charge in [0.25, 0.3) is 0 Å². The maximum Gasteiger partial charge on any atom is 0.323 e. The van der Waals surface area contributed by atoms with Crippen LogP contribution in [0.15, 0.2) is 0 Å². The second-order valence-electron chi connectivity index (χ2n) is 7.11. The first-order chi connectivity index (χ1) is 9.40. The molecule has 20 heavy (non-hydrogen) atoms. The van der Waals surface area contributed by atoms with Gasteiger partial charge in [0.1, 0.15) is 11.6 Å². The molecule has 0 aromatic heterocycles. The van der Waals surface area contributed by atoms with Gasteiger partial charge in [-0.05, 0) is 65.8 Å². The van der Waals surface area contributed by atoms with Crippen molar-refractivity contribution in [2.45, 2.75) is 83.1 Å². The monoisotopic (exact) mass is 283 g/mol. The molecule has 0 radical (unpaired) electrons. The molecule has 0 aromatic carbocycles. The van der Waals surface area contributed by atoms with Gasteiger partial charge in [-0.15, -0.1) is 0 Å². The van der Waals surface area contributed by atoms with Crippen LogP contribution in [0.5, 0.6) is 0 Å². The van der Waals surface area contributed by atoms with Gasteiger partial charge in [0.2, 0.25) is 0 Å². The summed E-state index contributed by atoms with van der Waals surface area (Å²) in [6.07, 6.45) is 6.96. The van der Waals surface area contributed by atoms with E-state index in [2.05, 4.69) is 4.90 Å². The minimum absolute atomic E-state index is 0.0465. The third-order valence-electron chi connectivity index (χ3n) is 4.37. The van der Waals surface area contributed by atoms with Crippen LogP contribution in [0.4, 0.5) is 0 Å². The van der Waals surface area contributed by atoms with E-state index >= 15 is 0 Å². The molecule has 2 unspecified atom stereocenters. The average molecular weight is 283 g/mol. The lowest BCUT2D eigenvalue weighted by Gasteiger charge is -2.37. The number of methoxy groups -OCH3 is 1. The molecule has 4 heteroatoms. The second-order valence-corrected chi connectivity index (χ2v) is 7.11. The predicted octanol–water partition coefficient (Wildman–Crippen LogP) is 2.75. The topological polar surface area (TPSA) is 38.8 Å². The van der Waals surface area contributed by atoms with Crippen molar-refractivity contribution >= 4 is 5.97 Å². The van der Waals surface area contributed by atoms with Crippen LogP contribution < -0.4 is 0 Å². The number of nitrogens with zero attached hydrogens (tertiary/aromatic N) is 1. The molecular weight excluding hydrogens is 254 g/mol. The summed E-state index contributed by atoms with van der Waals surface area (Å²) in [7, 11) is 1.79. The van der Waals surface area contributed by atoms with E-state index in [1.165, 1.54) is 12.8 Å². The van der Waals surface area contributed by atoms with Gasteiger partial charge in [-0.25, -0.2) is 0 Å². The van der Waals surface area contributed by atoms with Crippen LogP contribution in [0.25, 0.3) is 0 Å². The van der Waals surface area contributed by atoms with E-state index in [9.17, 15) is 4.79 Å².